The van der Waals surface area contributed by atoms with Gasteiger partial charge in [0.15, 0.2) is 0 Å². The lowest BCUT2D eigenvalue weighted by Crippen LogP contribution is -2.02. The lowest BCUT2D eigenvalue weighted by molar-refractivity contribution is 0.467. The Balaban J connectivity index is 2.62. The molecule has 0 bridgehead atoms. The number of rotatable bonds is 3. The third-order valence-corrected chi connectivity index (χ3v) is 1.60. The molecule has 2 nitrogen and oxygen atoms in total. The first kappa shape index (κ1) is 8.08. The summed E-state index contributed by atoms with van der Waals surface area (Å²) < 4.78 is 0. The molecule has 0 heterocycles. The normalized spacial score (nSPS) is 9.91. The minimum Gasteiger partial charge on any atom is -0.508 e. The van der Waals surface area contributed by atoms with Crippen LogP contribution in [-0.2, 0) is 6.42 Å². The second-order valence-corrected chi connectivity index (χ2v) is 2.42. The van der Waals surface area contributed by atoms with Gasteiger partial charge in [-0.3, -0.25) is 0 Å². The summed E-state index contributed by atoms with van der Waals surface area (Å²) in [5.74, 6) is 0.371. The quantitative estimate of drug-likeness (QED) is 0.689. The van der Waals surface area contributed by atoms with E-state index in [0.29, 0.717) is 5.75 Å². The van der Waals surface area contributed by atoms with E-state index >= 15 is 0 Å². The number of hydrogen-bond donors (Lipinski definition) is 1. The highest BCUT2D eigenvalue weighted by molar-refractivity contribution is 5.31. The van der Waals surface area contributed by atoms with Crippen molar-refractivity contribution in [1.29, 1.82) is 0 Å². The molecule has 2 heteroatoms. The van der Waals surface area contributed by atoms with Crippen molar-refractivity contribution in [3.63, 3.8) is 0 Å². The summed E-state index contributed by atoms with van der Waals surface area (Å²) in [7, 11) is 1.78. The van der Waals surface area contributed by atoms with E-state index in [0.717, 1.165) is 18.5 Å². The predicted octanol–water partition coefficient (Wildman–Crippen LogP) is 1.17. The third kappa shape index (κ3) is 2.24. The van der Waals surface area contributed by atoms with Crippen molar-refractivity contribution in [2.75, 3.05) is 13.6 Å². The number of hydrogen-bond acceptors (Lipinski definition) is 1. The van der Waals surface area contributed by atoms with Crippen LogP contribution in [0.2, 0.25) is 0 Å². The maximum atomic E-state index is 9.30. The van der Waals surface area contributed by atoms with Crippen LogP contribution in [0, 0.1) is 0 Å². The van der Waals surface area contributed by atoms with Crippen LogP contribution in [0.1, 0.15) is 5.56 Å². The van der Waals surface area contributed by atoms with Gasteiger partial charge >= 0.3 is 0 Å². The minimum atomic E-state index is 0.371. The molecule has 0 saturated carbocycles. The Kier molecular flexibility index (Phi) is 2.93. The molecule has 0 aliphatic carbocycles. The zero-order chi connectivity index (χ0) is 8.10. The first-order valence-electron chi connectivity index (χ1n) is 3.67. The highest BCUT2D eigenvalue weighted by Gasteiger charge is 1.96. The van der Waals surface area contributed by atoms with E-state index in [1.807, 2.05) is 18.2 Å². The highest BCUT2D eigenvalue weighted by atomic mass is 16.3. The van der Waals surface area contributed by atoms with Crippen molar-refractivity contribution in [2.45, 2.75) is 6.42 Å². The highest BCUT2D eigenvalue weighted by Crippen LogP contribution is 2.15. The smallest absolute Gasteiger partial charge is 0.118 e. The largest absolute Gasteiger partial charge is 0.508 e. The molecule has 0 saturated heterocycles. The van der Waals surface area contributed by atoms with E-state index < -0.39 is 0 Å². The van der Waals surface area contributed by atoms with E-state index in [-0.39, 0.29) is 0 Å². The molecular weight excluding hydrogens is 138 g/mol. The average Bonchev–Trinajstić information content (AvgIpc) is 2.03. The standard InChI is InChI=1S/C9H12NO/c1-10-7-6-8-4-2-3-5-9(8)11/h2-5,11H,6-7H2,1H3. The molecule has 59 valence electrons. The Hall–Kier alpha value is -1.02. The van der Waals surface area contributed by atoms with Gasteiger partial charge in [0, 0.05) is 13.6 Å². The molecule has 0 aliphatic heterocycles. The summed E-state index contributed by atoms with van der Waals surface area (Å²) in [6, 6.07) is 7.36. The van der Waals surface area contributed by atoms with Gasteiger partial charge in [-0.25, -0.2) is 5.32 Å². The van der Waals surface area contributed by atoms with E-state index in [9.17, 15) is 5.11 Å². The topological polar surface area (TPSA) is 34.3 Å². The maximum absolute atomic E-state index is 9.30. The van der Waals surface area contributed by atoms with Gasteiger partial charge in [0.1, 0.15) is 5.75 Å². The molecular formula is C9H12NO. The van der Waals surface area contributed by atoms with Crippen LogP contribution in [0.4, 0.5) is 0 Å². The summed E-state index contributed by atoms with van der Waals surface area (Å²) in [5.41, 5.74) is 0.970. The number of nitrogens with zero attached hydrogens (tertiary/aromatic N) is 1. The summed E-state index contributed by atoms with van der Waals surface area (Å²) in [4.78, 5) is 0. The molecule has 1 N–H and O–H groups in total. The van der Waals surface area contributed by atoms with Crippen LogP contribution in [0.3, 0.4) is 0 Å². The molecule has 0 aliphatic rings. The fourth-order valence-corrected chi connectivity index (χ4v) is 0.954. The minimum absolute atomic E-state index is 0.371. The lowest BCUT2D eigenvalue weighted by atomic mass is 10.1. The zero-order valence-corrected chi connectivity index (χ0v) is 6.62. The fourth-order valence-electron chi connectivity index (χ4n) is 0.954. The van der Waals surface area contributed by atoms with Crippen LogP contribution in [0.15, 0.2) is 24.3 Å². The SMILES string of the molecule is C[N]CCc1ccccc1O. The molecule has 0 fully saturated rings. The van der Waals surface area contributed by atoms with E-state index in [1.165, 1.54) is 0 Å². The van der Waals surface area contributed by atoms with Gasteiger partial charge in [-0.15, -0.1) is 0 Å². The molecule has 0 amide bonds. The van der Waals surface area contributed by atoms with Gasteiger partial charge in [0.05, 0.1) is 0 Å². The number of aromatic hydroxyl groups is 1. The first-order chi connectivity index (χ1) is 5.34. The van der Waals surface area contributed by atoms with Crippen LogP contribution in [0.5, 0.6) is 5.75 Å². The molecule has 1 radical (unpaired) electrons. The van der Waals surface area contributed by atoms with Crippen molar-refractivity contribution in [3.8, 4) is 5.75 Å². The Labute approximate surface area is 66.9 Å². The Morgan fingerprint density at radius 3 is 2.73 bits per heavy atom. The van der Waals surface area contributed by atoms with Gasteiger partial charge in [-0.05, 0) is 18.1 Å². The van der Waals surface area contributed by atoms with Gasteiger partial charge in [-0.2, -0.15) is 0 Å². The van der Waals surface area contributed by atoms with Crippen molar-refractivity contribution in [3.05, 3.63) is 29.8 Å². The van der Waals surface area contributed by atoms with Crippen molar-refractivity contribution in [2.24, 2.45) is 0 Å². The Bertz CT molecular complexity index is 223. The monoisotopic (exact) mass is 150 g/mol. The van der Waals surface area contributed by atoms with Crippen LogP contribution in [-0.4, -0.2) is 18.7 Å². The number of likely N-dealkylation sites (N-methyl/N-ethyl adjacent to an activating group) is 1. The van der Waals surface area contributed by atoms with Gasteiger partial charge in [-0.1, -0.05) is 18.2 Å². The van der Waals surface area contributed by atoms with Gasteiger partial charge < -0.3 is 5.11 Å². The van der Waals surface area contributed by atoms with Crippen LogP contribution >= 0.6 is 0 Å². The molecule has 11 heavy (non-hydrogen) atoms. The predicted molar refractivity (Wildman–Crippen MR) is 44.7 cm³/mol. The maximum Gasteiger partial charge on any atom is 0.118 e. The molecule has 0 aromatic heterocycles. The van der Waals surface area contributed by atoms with Crippen molar-refractivity contribution in [1.82, 2.24) is 5.32 Å². The lowest BCUT2D eigenvalue weighted by Gasteiger charge is -2.01. The second-order valence-electron chi connectivity index (χ2n) is 2.42. The number of benzene rings is 1. The van der Waals surface area contributed by atoms with Crippen LogP contribution in [0.25, 0.3) is 0 Å². The molecule has 0 spiro atoms. The van der Waals surface area contributed by atoms with Crippen molar-refractivity contribution >= 4 is 0 Å². The molecule has 0 unspecified atom stereocenters. The Morgan fingerprint density at radius 1 is 1.36 bits per heavy atom. The fraction of sp³-hybridized carbons (Fsp3) is 0.333. The Morgan fingerprint density at radius 2 is 2.09 bits per heavy atom. The molecule has 1 rings (SSSR count). The molecule has 0 atom stereocenters. The molecule has 1 aromatic rings. The molecule has 1 aromatic carbocycles. The summed E-state index contributed by atoms with van der Waals surface area (Å²) >= 11 is 0. The average molecular weight is 150 g/mol. The summed E-state index contributed by atoms with van der Waals surface area (Å²) in [5, 5.41) is 13.3. The summed E-state index contributed by atoms with van der Waals surface area (Å²) in [6.45, 7) is 0.775. The zero-order valence-electron chi connectivity index (χ0n) is 6.62. The third-order valence-electron chi connectivity index (χ3n) is 1.60. The van der Waals surface area contributed by atoms with E-state index in [2.05, 4.69) is 5.32 Å². The van der Waals surface area contributed by atoms with Crippen LogP contribution < -0.4 is 5.32 Å². The number of phenolic OH excluding ortho intramolecular Hbond substituents is 1. The summed E-state index contributed by atoms with van der Waals surface area (Å²) in [6.07, 6.45) is 0.823. The number of para-hydroxylation sites is 1. The van der Waals surface area contributed by atoms with E-state index in [4.69, 9.17) is 0 Å². The van der Waals surface area contributed by atoms with Gasteiger partial charge in [0.25, 0.3) is 0 Å². The van der Waals surface area contributed by atoms with Gasteiger partial charge in [0.2, 0.25) is 0 Å². The number of phenols is 1. The second kappa shape index (κ2) is 3.98. The first-order valence-corrected chi connectivity index (χ1v) is 3.67. The van der Waals surface area contributed by atoms with Crippen molar-refractivity contribution < 1.29 is 5.11 Å². The van der Waals surface area contributed by atoms with E-state index in [1.54, 1.807) is 13.1 Å².